The average Bonchev–Trinajstić information content (AvgIpc) is 3.12. The van der Waals surface area contributed by atoms with Crippen molar-refractivity contribution in [3.63, 3.8) is 0 Å². The number of phenols is 1. The van der Waals surface area contributed by atoms with E-state index in [1.807, 2.05) is 6.92 Å². The molecule has 26 heavy (non-hydrogen) atoms. The van der Waals surface area contributed by atoms with Crippen molar-refractivity contribution in [3.05, 3.63) is 29.6 Å². The predicted molar refractivity (Wildman–Crippen MR) is 111 cm³/mol. The van der Waals surface area contributed by atoms with Gasteiger partial charge >= 0.3 is 0 Å². The summed E-state index contributed by atoms with van der Waals surface area (Å²) in [7, 11) is 0. The first-order valence-corrected chi connectivity index (χ1v) is 9.00. The van der Waals surface area contributed by atoms with E-state index in [1.165, 1.54) is 12.1 Å². The van der Waals surface area contributed by atoms with Crippen LogP contribution in [0.5, 0.6) is 5.75 Å². The number of phenolic OH excluding ortho intramolecular Hbond substituents is 1. The zero-order chi connectivity index (χ0) is 17.6. The number of likely N-dealkylation sites (tertiary alicyclic amines) is 1. The molecular weight excluding hydrogens is 450 g/mol. The highest BCUT2D eigenvalue weighted by atomic mass is 127. The van der Waals surface area contributed by atoms with Gasteiger partial charge in [-0.3, -0.25) is 4.90 Å². The second kappa shape index (κ2) is 10.3. The molecule has 0 spiro atoms. The molecule has 2 N–H and O–H groups in total. The van der Waals surface area contributed by atoms with E-state index >= 15 is 0 Å². The first kappa shape index (κ1) is 21.2. The van der Waals surface area contributed by atoms with Gasteiger partial charge in [0.15, 0.2) is 17.5 Å². The van der Waals surface area contributed by atoms with Gasteiger partial charge in [0, 0.05) is 38.8 Å². The van der Waals surface area contributed by atoms with Crippen LogP contribution < -0.4 is 5.32 Å². The Balaban J connectivity index is 0.00000243. The summed E-state index contributed by atoms with van der Waals surface area (Å²) >= 11 is 0. The third kappa shape index (κ3) is 5.43. The van der Waals surface area contributed by atoms with Crippen molar-refractivity contribution in [1.82, 2.24) is 15.1 Å². The normalized spacial score (nSPS) is 21.5. The lowest BCUT2D eigenvalue weighted by Crippen LogP contribution is -2.46. The Morgan fingerprint density at radius 3 is 2.81 bits per heavy atom. The van der Waals surface area contributed by atoms with Crippen LogP contribution in [0.25, 0.3) is 0 Å². The summed E-state index contributed by atoms with van der Waals surface area (Å²) in [6, 6.07) is 4.95. The zero-order valence-corrected chi connectivity index (χ0v) is 17.5. The average molecular weight is 478 g/mol. The number of nitrogens with one attached hydrogen (secondary N) is 1. The van der Waals surface area contributed by atoms with Gasteiger partial charge in [-0.05, 0) is 31.0 Å². The van der Waals surface area contributed by atoms with Crippen molar-refractivity contribution >= 4 is 29.9 Å². The van der Waals surface area contributed by atoms with E-state index in [2.05, 4.69) is 20.1 Å². The molecule has 2 aliphatic heterocycles. The molecule has 1 aromatic rings. The molecule has 0 aromatic heterocycles. The van der Waals surface area contributed by atoms with Crippen molar-refractivity contribution in [1.29, 1.82) is 0 Å². The lowest BCUT2D eigenvalue weighted by Gasteiger charge is -2.32. The van der Waals surface area contributed by atoms with Crippen LogP contribution in [0.4, 0.5) is 4.39 Å². The van der Waals surface area contributed by atoms with E-state index in [0.717, 1.165) is 63.9 Å². The van der Waals surface area contributed by atoms with E-state index in [-0.39, 0.29) is 29.7 Å². The van der Waals surface area contributed by atoms with E-state index < -0.39 is 5.82 Å². The summed E-state index contributed by atoms with van der Waals surface area (Å²) in [5, 5.41) is 12.6. The van der Waals surface area contributed by atoms with Crippen LogP contribution in [0.2, 0.25) is 0 Å². The maximum absolute atomic E-state index is 13.5. The monoisotopic (exact) mass is 478 g/mol. The van der Waals surface area contributed by atoms with Crippen LogP contribution in [0.3, 0.4) is 0 Å². The number of hydrogen-bond acceptors (Lipinski definition) is 4. The van der Waals surface area contributed by atoms with Gasteiger partial charge in [0.2, 0.25) is 0 Å². The van der Waals surface area contributed by atoms with Gasteiger partial charge in [0.25, 0.3) is 0 Å². The summed E-state index contributed by atoms with van der Waals surface area (Å²) in [5.74, 6) is -0.0643. The highest BCUT2D eigenvalue weighted by Gasteiger charge is 2.30. The molecule has 0 radical (unpaired) electrons. The highest BCUT2D eigenvalue weighted by Crippen LogP contribution is 2.19. The molecule has 2 saturated heterocycles. The van der Waals surface area contributed by atoms with Crippen molar-refractivity contribution in [2.75, 3.05) is 45.9 Å². The molecule has 0 saturated carbocycles. The van der Waals surface area contributed by atoms with Crippen molar-refractivity contribution in [3.8, 4) is 5.75 Å². The lowest BCUT2D eigenvalue weighted by atomic mass is 10.2. The minimum atomic E-state index is -0.605. The van der Waals surface area contributed by atoms with Crippen LogP contribution in [0.1, 0.15) is 18.9 Å². The molecule has 2 heterocycles. The van der Waals surface area contributed by atoms with E-state index in [4.69, 9.17) is 4.74 Å². The van der Waals surface area contributed by atoms with Crippen LogP contribution in [0.15, 0.2) is 23.2 Å². The molecule has 3 rings (SSSR count). The van der Waals surface area contributed by atoms with E-state index in [0.29, 0.717) is 12.6 Å². The summed E-state index contributed by atoms with van der Waals surface area (Å²) < 4.78 is 18.9. The number of benzene rings is 1. The minimum absolute atomic E-state index is 0. The SMILES string of the molecule is CCNC(=NCc1ccc(O)c(F)c1)N1CCC(N2CCOCC2)C1.I. The quantitative estimate of drug-likeness (QED) is 0.394. The van der Waals surface area contributed by atoms with Gasteiger partial charge in [0.1, 0.15) is 0 Å². The number of hydrogen-bond donors (Lipinski definition) is 2. The van der Waals surface area contributed by atoms with Gasteiger partial charge in [-0.25, -0.2) is 9.38 Å². The standard InChI is InChI=1S/C18H27FN4O2.HI/c1-2-20-18(21-12-14-3-4-17(24)16(19)11-14)23-6-5-15(13-23)22-7-9-25-10-8-22;/h3-4,11,15,24H,2,5-10,12-13H2,1H3,(H,20,21);1H. The fourth-order valence-electron chi connectivity index (χ4n) is 3.42. The maximum Gasteiger partial charge on any atom is 0.194 e. The molecular formula is C18H28FIN4O2. The number of guanidine groups is 1. The third-order valence-corrected chi connectivity index (χ3v) is 4.78. The fraction of sp³-hybridized carbons (Fsp3) is 0.611. The Labute approximate surface area is 171 Å². The van der Waals surface area contributed by atoms with Crippen LogP contribution in [-0.2, 0) is 11.3 Å². The van der Waals surface area contributed by atoms with Gasteiger partial charge in [-0.2, -0.15) is 0 Å². The predicted octanol–water partition coefficient (Wildman–Crippen LogP) is 2.02. The van der Waals surface area contributed by atoms with Crippen LogP contribution in [0, 0.1) is 5.82 Å². The third-order valence-electron chi connectivity index (χ3n) is 4.78. The van der Waals surface area contributed by atoms with Crippen LogP contribution in [-0.4, -0.2) is 72.8 Å². The topological polar surface area (TPSA) is 60.3 Å². The molecule has 1 unspecified atom stereocenters. The smallest absolute Gasteiger partial charge is 0.194 e. The molecule has 0 bridgehead atoms. The van der Waals surface area contributed by atoms with Gasteiger partial charge in [-0.1, -0.05) is 6.07 Å². The zero-order valence-electron chi connectivity index (χ0n) is 15.2. The van der Waals surface area contributed by atoms with E-state index in [1.54, 1.807) is 6.07 Å². The molecule has 2 fully saturated rings. The second-order valence-electron chi connectivity index (χ2n) is 6.49. The van der Waals surface area contributed by atoms with Gasteiger partial charge in [0.05, 0.1) is 19.8 Å². The molecule has 1 aromatic carbocycles. The highest BCUT2D eigenvalue weighted by molar-refractivity contribution is 14.0. The molecule has 2 aliphatic rings. The first-order chi connectivity index (χ1) is 12.2. The number of morpholine rings is 1. The minimum Gasteiger partial charge on any atom is -0.505 e. The number of halogens is 2. The van der Waals surface area contributed by atoms with Gasteiger partial charge in [-0.15, -0.1) is 24.0 Å². The Morgan fingerprint density at radius 1 is 1.35 bits per heavy atom. The Kier molecular flexibility index (Phi) is 8.36. The Morgan fingerprint density at radius 2 is 2.12 bits per heavy atom. The molecule has 1 atom stereocenters. The van der Waals surface area contributed by atoms with Crippen molar-refractivity contribution in [2.24, 2.45) is 4.99 Å². The summed E-state index contributed by atoms with van der Waals surface area (Å²) in [6.45, 7) is 8.78. The lowest BCUT2D eigenvalue weighted by molar-refractivity contribution is 0.0195. The number of aliphatic imine (C=N–C) groups is 1. The molecule has 0 amide bonds. The van der Waals surface area contributed by atoms with Gasteiger partial charge < -0.3 is 20.1 Å². The summed E-state index contributed by atoms with van der Waals surface area (Å²) in [5.41, 5.74) is 0.745. The number of nitrogens with zero attached hydrogens (tertiary/aromatic N) is 3. The number of rotatable bonds is 4. The molecule has 6 nitrogen and oxygen atoms in total. The van der Waals surface area contributed by atoms with Crippen molar-refractivity contribution < 1.29 is 14.2 Å². The maximum atomic E-state index is 13.5. The largest absolute Gasteiger partial charge is 0.505 e. The molecule has 0 aliphatic carbocycles. The molecule has 8 heteroatoms. The Bertz CT molecular complexity index is 611. The first-order valence-electron chi connectivity index (χ1n) is 9.00. The van der Waals surface area contributed by atoms with Crippen LogP contribution >= 0.6 is 24.0 Å². The number of ether oxygens (including phenoxy) is 1. The molecule has 146 valence electrons. The van der Waals surface area contributed by atoms with E-state index in [9.17, 15) is 9.50 Å². The fourth-order valence-corrected chi connectivity index (χ4v) is 3.42. The van der Waals surface area contributed by atoms with Crippen molar-refractivity contribution in [2.45, 2.75) is 25.9 Å². The second-order valence-corrected chi connectivity index (χ2v) is 6.49. The Hall–Kier alpha value is -1.13. The number of aromatic hydroxyl groups is 1. The summed E-state index contributed by atoms with van der Waals surface area (Å²) in [4.78, 5) is 9.44. The summed E-state index contributed by atoms with van der Waals surface area (Å²) in [6.07, 6.45) is 1.12.